The normalized spacial score (nSPS) is 58.4. The van der Waals surface area contributed by atoms with E-state index in [-0.39, 0.29) is 45.5 Å². The Balaban J connectivity index is 1.62. The molecule has 5 rings (SSSR count). The van der Waals surface area contributed by atoms with E-state index in [2.05, 4.69) is 61.5 Å². The molecule has 194 valence electrons. The minimum Gasteiger partial charge on any atom is -0.393 e. The molecule has 0 amide bonds. The molecule has 0 bridgehead atoms. The van der Waals surface area contributed by atoms with Crippen LogP contribution in [-0.4, -0.2) is 44.8 Å². The van der Waals surface area contributed by atoms with Crippen LogP contribution in [0.1, 0.15) is 93.9 Å². The van der Waals surface area contributed by atoms with Crippen molar-refractivity contribution in [3.05, 3.63) is 11.6 Å². The van der Waals surface area contributed by atoms with Crippen molar-refractivity contribution >= 4 is 0 Å². The quantitative estimate of drug-likeness (QED) is 0.406. The van der Waals surface area contributed by atoms with Crippen LogP contribution in [0.15, 0.2) is 11.6 Å². The van der Waals surface area contributed by atoms with Crippen LogP contribution in [0.2, 0.25) is 0 Å². The van der Waals surface area contributed by atoms with Crippen molar-refractivity contribution in [2.24, 2.45) is 56.7 Å². The minimum atomic E-state index is -0.767. The maximum absolute atomic E-state index is 11.8. The molecule has 0 radical (unpaired) electrons. The van der Waals surface area contributed by atoms with Gasteiger partial charge in [-0.1, -0.05) is 67.0 Å². The molecule has 12 unspecified atom stereocenters. The Morgan fingerprint density at radius 3 is 2.09 bits per heavy atom. The summed E-state index contributed by atoms with van der Waals surface area (Å²) in [5.41, 5.74) is 0.582. The standard InChI is InChI=1S/C30H50O4/c1-16(2)18-13-20(32)24-27(18,5)11-12-29(7)23-17(9-10-30(24,29)8)28(6)15-21(33)25(34)26(3,4)22(28)14-19(23)31/h9,16,18-25,31-34H,10-15H2,1-8H3. The summed E-state index contributed by atoms with van der Waals surface area (Å²) >= 11 is 0. The highest BCUT2D eigenvalue weighted by Crippen LogP contribution is 2.76. The largest absolute Gasteiger partial charge is 0.393 e. The van der Waals surface area contributed by atoms with Crippen molar-refractivity contribution in [2.45, 2.75) is 118 Å². The number of rotatable bonds is 1. The van der Waals surface area contributed by atoms with Gasteiger partial charge in [0, 0.05) is 5.92 Å². The molecular formula is C30H50O4. The zero-order chi connectivity index (χ0) is 25.2. The highest BCUT2D eigenvalue weighted by Gasteiger charge is 2.72. The van der Waals surface area contributed by atoms with Crippen LogP contribution in [0.4, 0.5) is 0 Å². The van der Waals surface area contributed by atoms with Crippen LogP contribution >= 0.6 is 0 Å². The lowest BCUT2D eigenvalue weighted by Gasteiger charge is -2.70. The van der Waals surface area contributed by atoms with E-state index < -0.39 is 23.7 Å². The molecule has 0 spiro atoms. The van der Waals surface area contributed by atoms with E-state index in [0.29, 0.717) is 24.7 Å². The first kappa shape index (κ1) is 25.2. The van der Waals surface area contributed by atoms with Gasteiger partial charge in [-0.15, -0.1) is 0 Å². The van der Waals surface area contributed by atoms with E-state index in [9.17, 15) is 20.4 Å². The summed E-state index contributed by atoms with van der Waals surface area (Å²) in [7, 11) is 0. The number of hydrogen-bond acceptors (Lipinski definition) is 4. The van der Waals surface area contributed by atoms with Crippen LogP contribution in [0.3, 0.4) is 0 Å². The number of hydrogen-bond donors (Lipinski definition) is 4. The van der Waals surface area contributed by atoms with Crippen molar-refractivity contribution < 1.29 is 20.4 Å². The van der Waals surface area contributed by atoms with Gasteiger partial charge >= 0.3 is 0 Å². The molecule has 4 N–H and O–H groups in total. The highest BCUT2D eigenvalue weighted by molar-refractivity contribution is 5.35. The van der Waals surface area contributed by atoms with E-state index in [0.717, 1.165) is 25.7 Å². The van der Waals surface area contributed by atoms with E-state index >= 15 is 0 Å². The van der Waals surface area contributed by atoms with Gasteiger partial charge in [-0.25, -0.2) is 0 Å². The number of fused-ring (bicyclic) bond motifs is 7. The molecule has 4 fully saturated rings. The van der Waals surface area contributed by atoms with Gasteiger partial charge in [0.15, 0.2) is 0 Å². The molecule has 0 heterocycles. The first-order chi connectivity index (χ1) is 15.6. The summed E-state index contributed by atoms with van der Waals surface area (Å²) in [5, 5.41) is 45.1. The van der Waals surface area contributed by atoms with E-state index in [4.69, 9.17) is 0 Å². The summed E-state index contributed by atoms with van der Waals surface area (Å²) in [6.07, 6.45) is 5.38. The van der Waals surface area contributed by atoms with Crippen molar-refractivity contribution in [3.63, 3.8) is 0 Å². The van der Waals surface area contributed by atoms with Crippen LogP contribution < -0.4 is 0 Å². The lowest BCUT2D eigenvalue weighted by molar-refractivity contribution is -0.215. The Morgan fingerprint density at radius 2 is 1.47 bits per heavy atom. The Bertz CT molecular complexity index is 879. The van der Waals surface area contributed by atoms with Crippen LogP contribution in [0, 0.1) is 56.7 Å². The van der Waals surface area contributed by atoms with Gasteiger partial charge in [0.05, 0.1) is 24.4 Å². The lowest BCUT2D eigenvalue weighted by Crippen LogP contribution is -2.67. The Labute approximate surface area is 207 Å². The topological polar surface area (TPSA) is 80.9 Å². The second-order valence-corrected chi connectivity index (χ2v) is 15.1. The smallest absolute Gasteiger partial charge is 0.0853 e. The summed E-state index contributed by atoms with van der Waals surface area (Å²) in [5.74, 6) is 1.50. The van der Waals surface area contributed by atoms with Crippen molar-refractivity contribution in [3.8, 4) is 0 Å². The maximum Gasteiger partial charge on any atom is 0.0853 e. The predicted molar refractivity (Wildman–Crippen MR) is 135 cm³/mol. The fraction of sp³-hybridized carbons (Fsp3) is 0.933. The fourth-order valence-electron chi connectivity index (χ4n) is 11.4. The summed E-state index contributed by atoms with van der Waals surface area (Å²) in [6, 6.07) is 0. The summed E-state index contributed by atoms with van der Waals surface area (Å²) < 4.78 is 0. The Hall–Kier alpha value is -0.420. The van der Waals surface area contributed by atoms with Crippen molar-refractivity contribution in [2.75, 3.05) is 0 Å². The molecule has 4 nitrogen and oxygen atoms in total. The van der Waals surface area contributed by atoms with E-state index in [1.54, 1.807) is 0 Å². The van der Waals surface area contributed by atoms with E-state index in [1.165, 1.54) is 5.57 Å². The summed E-state index contributed by atoms with van der Waals surface area (Å²) in [6.45, 7) is 18.3. The zero-order valence-corrected chi connectivity index (χ0v) is 22.8. The van der Waals surface area contributed by atoms with Gasteiger partial charge in [-0.3, -0.25) is 0 Å². The lowest BCUT2D eigenvalue weighted by atomic mass is 9.35. The molecule has 0 aromatic heterocycles. The third kappa shape index (κ3) is 2.81. The molecule has 0 aliphatic heterocycles. The van der Waals surface area contributed by atoms with Crippen molar-refractivity contribution in [1.29, 1.82) is 0 Å². The molecule has 0 aromatic rings. The van der Waals surface area contributed by atoms with Gasteiger partial charge in [0.1, 0.15) is 0 Å². The molecule has 12 atom stereocenters. The third-order valence-electron chi connectivity index (χ3n) is 13.1. The third-order valence-corrected chi connectivity index (χ3v) is 13.1. The Morgan fingerprint density at radius 1 is 0.824 bits per heavy atom. The van der Waals surface area contributed by atoms with Crippen LogP contribution in [0.25, 0.3) is 0 Å². The average molecular weight is 475 g/mol. The second-order valence-electron chi connectivity index (χ2n) is 15.1. The fourth-order valence-corrected chi connectivity index (χ4v) is 11.4. The van der Waals surface area contributed by atoms with Gasteiger partial charge in [-0.2, -0.15) is 0 Å². The number of aliphatic hydroxyl groups excluding tert-OH is 4. The first-order valence-corrected chi connectivity index (χ1v) is 14.0. The Kier molecular flexibility index (Phi) is 5.44. The summed E-state index contributed by atoms with van der Waals surface area (Å²) in [4.78, 5) is 0. The van der Waals surface area contributed by atoms with Crippen molar-refractivity contribution in [1.82, 2.24) is 0 Å². The first-order valence-electron chi connectivity index (χ1n) is 14.0. The maximum atomic E-state index is 11.8. The predicted octanol–water partition coefficient (Wildman–Crippen LogP) is 4.94. The van der Waals surface area contributed by atoms with Gasteiger partial charge in [-0.05, 0) is 89.3 Å². The zero-order valence-electron chi connectivity index (χ0n) is 22.8. The van der Waals surface area contributed by atoms with Crippen LogP contribution in [0.5, 0.6) is 0 Å². The molecule has 0 aromatic carbocycles. The van der Waals surface area contributed by atoms with Gasteiger partial charge < -0.3 is 20.4 Å². The molecular weight excluding hydrogens is 424 g/mol. The monoisotopic (exact) mass is 474 g/mol. The van der Waals surface area contributed by atoms with E-state index in [1.807, 2.05) is 0 Å². The molecule has 4 heteroatoms. The van der Waals surface area contributed by atoms with Crippen LogP contribution in [-0.2, 0) is 0 Å². The average Bonchev–Trinajstić information content (AvgIpc) is 3.01. The van der Waals surface area contributed by atoms with Gasteiger partial charge in [0.2, 0.25) is 0 Å². The minimum absolute atomic E-state index is 0.0422. The molecule has 5 aliphatic carbocycles. The molecule has 5 aliphatic rings. The highest BCUT2D eigenvalue weighted by atomic mass is 16.3. The molecule has 0 saturated heterocycles. The molecule has 34 heavy (non-hydrogen) atoms. The number of aliphatic hydroxyl groups is 4. The second kappa shape index (κ2) is 7.33. The number of allylic oxidation sites excluding steroid dienone is 1. The van der Waals surface area contributed by atoms with Gasteiger partial charge in [0.25, 0.3) is 0 Å². The SMILES string of the molecule is CC(C)C1CC(O)C2C1(C)CCC1(C)C3C(=CCC21C)C1(C)CC(O)C(O)C(C)(C)C1CC3O. The molecule has 4 saturated carbocycles.